The van der Waals surface area contributed by atoms with Crippen molar-refractivity contribution in [1.29, 1.82) is 0 Å². The lowest BCUT2D eigenvalue weighted by molar-refractivity contribution is -0.140. The number of esters is 1. The van der Waals surface area contributed by atoms with Crippen molar-refractivity contribution in [2.24, 2.45) is 23.7 Å². The highest BCUT2D eigenvalue weighted by Gasteiger charge is 2.29. The fourth-order valence-electron chi connectivity index (χ4n) is 5.89. The number of aromatic nitrogens is 1. The van der Waals surface area contributed by atoms with E-state index in [1.54, 1.807) is 18.3 Å². The number of carbonyl (C=O) groups is 1. The smallest absolute Gasteiger partial charge is 0.314 e. The van der Waals surface area contributed by atoms with Gasteiger partial charge in [0.05, 0.1) is 18.7 Å². The molecular formula is C30H49NO3. The van der Waals surface area contributed by atoms with Crippen LogP contribution in [0.3, 0.4) is 0 Å². The molecule has 2 aliphatic carbocycles. The number of nitrogens with zero attached hydrogens (tertiary/aromatic N) is 1. The first kappa shape index (κ1) is 27.0. The number of pyridine rings is 1. The number of hydrogen-bond acceptors (Lipinski definition) is 4. The van der Waals surface area contributed by atoms with Crippen molar-refractivity contribution in [3.8, 4) is 11.6 Å². The van der Waals surface area contributed by atoms with E-state index in [4.69, 9.17) is 9.47 Å². The molecule has 0 aromatic carbocycles. The lowest BCUT2D eigenvalue weighted by Gasteiger charge is -2.31. The molecule has 0 saturated heterocycles. The fourth-order valence-corrected chi connectivity index (χ4v) is 5.89. The Morgan fingerprint density at radius 3 is 1.97 bits per heavy atom. The van der Waals surface area contributed by atoms with Gasteiger partial charge in [-0.15, -0.1) is 0 Å². The minimum atomic E-state index is -0.0849. The topological polar surface area (TPSA) is 48.4 Å². The Morgan fingerprint density at radius 1 is 0.794 bits per heavy atom. The number of hydrogen-bond donors (Lipinski definition) is 0. The Balaban J connectivity index is 1.28. The van der Waals surface area contributed by atoms with Gasteiger partial charge in [-0.2, -0.15) is 0 Å². The van der Waals surface area contributed by atoms with Gasteiger partial charge in [-0.25, -0.2) is 4.98 Å². The minimum Gasteiger partial charge on any atom is -0.478 e. The number of carbonyl (C=O) groups excluding carboxylic acids is 1. The van der Waals surface area contributed by atoms with Crippen LogP contribution in [0.25, 0.3) is 0 Å². The van der Waals surface area contributed by atoms with E-state index < -0.39 is 0 Å². The van der Waals surface area contributed by atoms with Crippen LogP contribution in [0.5, 0.6) is 11.6 Å². The number of ether oxygens (including phenoxy) is 2. The molecule has 4 heteroatoms. The zero-order valence-corrected chi connectivity index (χ0v) is 21.9. The molecule has 0 unspecified atom stereocenters. The summed E-state index contributed by atoms with van der Waals surface area (Å²) in [5.41, 5.74) is 0. The highest BCUT2D eigenvalue weighted by atomic mass is 16.5. The first-order chi connectivity index (χ1) is 16.7. The van der Waals surface area contributed by atoms with Gasteiger partial charge in [0.15, 0.2) is 0 Å². The third-order valence-electron chi connectivity index (χ3n) is 8.27. The van der Waals surface area contributed by atoms with Crippen LogP contribution in [0.4, 0.5) is 0 Å². The van der Waals surface area contributed by atoms with Gasteiger partial charge in [-0.3, -0.25) is 4.79 Å². The molecular weight excluding hydrogens is 422 g/mol. The maximum atomic E-state index is 12.7. The molecule has 0 N–H and O–H groups in total. The van der Waals surface area contributed by atoms with Crippen LogP contribution < -0.4 is 9.47 Å². The molecule has 1 aromatic rings. The summed E-state index contributed by atoms with van der Waals surface area (Å²) < 4.78 is 11.3. The summed E-state index contributed by atoms with van der Waals surface area (Å²) in [6, 6.07) is 3.59. The van der Waals surface area contributed by atoms with Gasteiger partial charge in [0.2, 0.25) is 5.88 Å². The van der Waals surface area contributed by atoms with Gasteiger partial charge < -0.3 is 9.47 Å². The molecule has 2 fully saturated rings. The molecule has 0 spiro atoms. The van der Waals surface area contributed by atoms with Crippen LogP contribution >= 0.6 is 0 Å². The molecule has 2 aliphatic rings. The first-order valence-electron chi connectivity index (χ1n) is 14.5. The standard InChI is InChI=1S/C30H49NO3/c1-3-5-7-9-24-10-12-25(13-11-24)14-15-26-16-18-27(19-17-26)30(32)34-28-20-21-29(31-23-28)33-22-8-6-4-2/h20-21,23-27H,3-19,22H2,1-2H3. The zero-order chi connectivity index (χ0) is 24.0. The summed E-state index contributed by atoms with van der Waals surface area (Å²) in [5.74, 6) is 3.85. The minimum absolute atomic E-state index is 0.0415. The third kappa shape index (κ3) is 9.58. The summed E-state index contributed by atoms with van der Waals surface area (Å²) in [5, 5.41) is 0. The van der Waals surface area contributed by atoms with Crippen molar-refractivity contribution >= 4 is 5.97 Å². The van der Waals surface area contributed by atoms with Crippen LogP contribution in [-0.2, 0) is 4.79 Å². The van der Waals surface area contributed by atoms with E-state index in [1.165, 1.54) is 83.5 Å². The van der Waals surface area contributed by atoms with Crippen molar-refractivity contribution in [1.82, 2.24) is 4.98 Å². The quantitative estimate of drug-likeness (QED) is 0.201. The van der Waals surface area contributed by atoms with Gasteiger partial charge in [0.1, 0.15) is 5.75 Å². The van der Waals surface area contributed by atoms with Crippen molar-refractivity contribution in [2.75, 3.05) is 6.61 Å². The molecule has 4 nitrogen and oxygen atoms in total. The van der Waals surface area contributed by atoms with Crippen molar-refractivity contribution in [2.45, 2.75) is 123 Å². The third-order valence-corrected chi connectivity index (χ3v) is 8.27. The van der Waals surface area contributed by atoms with Crippen molar-refractivity contribution in [3.63, 3.8) is 0 Å². The summed E-state index contributed by atoms with van der Waals surface area (Å²) in [4.78, 5) is 16.9. The maximum absolute atomic E-state index is 12.7. The summed E-state index contributed by atoms with van der Waals surface area (Å²) in [6.07, 6.45) is 23.5. The zero-order valence-electron chi connectivity index (χ0n) is 21.9. The molecule has 0 bridgehead atoms. The van der Waals surface area contributed by atoms with Crippen LogP contribution in [0.2, 0.25) is 0 Å². The average molecular weight is 472 g/mol. The Bertz CT molecular complexity index is 673. The van der Waals surface area contributed by atoms with Crippen molar-refractivity contribution < 1.29 is 14.3 Å². The SMILES string of the molecule is CCCCCOc1ccc(OC(=O)C2CCC(CCC3CCC(CCCCC)CC3)CC2)cn1. The highest BCUT2D eigenvalue weighted by Crippen LogP contribution is 2.38. The van der Waals surface area contributed by atoms with Crippen LogP contribution in [-0.4, -0.2) is 17.6 Å². The second-order valence-corrected chi connectivity index (χ2v) is 11.0. The van der Waals surface area contributed by atoms with Crippen LogP contribution in [0.1, 0.15) is 123 Å². The molecule has 2 saturated carbocycles. The average Bonchev–Trinajstić information content (AvgIpc) is 2.87. The molecule has 0 atom stereocenters. The maximum Gasteiger partial charge on any atom is 0.314 e. The van der Waals surface area contributed by atoms with Crippen molar-refractivity contribution in [3.05, 3.63) is 18.3 Å². The summed E-state index contributed by atoms with van der Waals surface area (Å²) in [6.45, 7) is 5.16. The normalized spacial score (nSPS) is 25.1. The van der Waals surface area contributed by atoms with E-state index in [2.05, 4.69) is 18.8 Å². The van der Waals surface area contributed by atoms with E-state index in [0.717, 1.165) is 43.4 Å². The Kier molecular flexibility index (Phi) is 12.3. The molecule has 34 heavy (non-hydrogen) atoms. The molecule has 3 rings (SSSR count). The van der Waals surface area contributed by atoms with E-state index in [9.17, 15) is 4.79 Å². The molecule has 192 valence electrons. The number of rotatable bonds is 14. The Labute approximate surface area is 208 Å². The summed E-state index contributed by atoms with van der Waals surface area (Å²) >= 11 is 0. The van der Waals surface area contributed by atoms with Gasteiger partial charge in [0.25, 0.3) is 0 Å². The van der Waals surface area contributed by atoms with E-state index in [0.29, 0.717) is 18.2 Å². The molecule has 1 aromatic heterocycles. The van der Waals surface area contributed by atoms with Crippen LogP contribution in [0.15, 0.2) is 18.3 Å². The van der Waals surface area contributed by atoms with Gasteiger partial charge >= 0.3 is 5.97 Å². The lowest BCUT2D eigenvalue weighted by Crippen LogP contribution is -2.26. The van der Waals surface area contributed by atoms with Gasteiger partial charge in [-0.1, -0.05) is 90.9 Å². The van der Waals surface area contributed by atoms with E-state index in [-0.39, 0.29) is 11.9 Å². The second kappa shape index (κ2) is 15.4. The molecule has 0 radical (unpaired) electrons. The van der Waals surface area contributed by atoms with Gasteiger partial charge in [0, 0.05) is 6.07 Å². The molecule has 1 heterocycles. The Hall–Kier alpha value is -1.58. The predicted octanol–water partition coefficient (Wildman–Crippen LogP) is 8.53. The predicted molar refractivity (Wildman–Crippen MR) is 139 cm³/mol. The molecule has 0 aliphatic heterocycles. The van der Waals surface area contributed by atoms with Crippen LogP contribution in [0, 0.1) is 23.7 Å². The Morgan fingerprint density at radius 2 is 1.38 bits per heavy atom. The lowest BCUT2D eigenvalue weighted by atomic mass is 9.75. The molecule has 0 amide bonds. The largest absolute Gasteiger partial charge is 0.478 e. The highest BCUT2D eigenvalue weighted by molar-refractivity contribution is 5.75. The van der Waals surface area contributed by atoms with E-state index >= 15 is 0 Å². The van der Waals surface area contributed by atoms with E-state index in [1.807, 2.05) is 0 Å². The van der Waals surface area contributed by atoms with Gasteiger partial charge in [-0.05, 0) is 55.9 Å². The summed E-state index contributed by atoms with van der Waals surface area (Å²) in [7, 11) is 0. The fraction of sp³-hybridized carbons (Fsp3) is 0.800. The number of unbranched alkanes of at least 4 members (excludes halogenated alkanes) is 4. The monoisotopic (exact) mass is 471 g/mol. The second-order valence-electron chi connectivity index (χ2n) is 11.0. The first-order valence-corrected chi connectivity index (χ1v) is 14.5.